The molecule has 1 aromatic heterocycles. The van der Waals surface area contributed by atoms with Crippen LogP contribution in [0.5, 0.6) is 0 Å². The van der Waals surface area contributed by atoms with Crippen molar-refractivity contribution in [3.63, 3.8) is 0 Å². The second-order valence-electron chi connectivity index (χ2n) is 6.04. The maximum atomic E-state index is 12.4. The highest BCUT2D eigenvalue weighted by Gasteiger charge is 2.15. The molecule has 1 heterocycles. The predicted octanol–water partition coefficient (Wildman–Crippen LogP) is 2.48. The van der Waals surface area contributed by atoms with Crippen molar-refractivity contribution in [2.24, 2.45) is 18.1 Å². The minimum absolute atomic E-state index is 0.197. The number of amides is 1. The van der Waals surface area contributed by atoms with Gasteiger partial charge in [0.2, 0.25) is 0 Å². The standard InChI is InChI=1S/C17H22N4O2/c1-11(2)9-10-12(3)18-19-16(22)15-13-7-5-6-8-14(13)17(23)21(4)20-15/h5-8,11H,9-10H2,1-4H3,(H,19,22)/b18-12-. The van der Waals surface area contributed by atoms with E-state index in [0.717, 1.165) is 18.6 Å². The average Bonchev–Trinajstić information content (AvgIpc) is 2.54. The van der Waals surface area contributed by atoms with Gasteiger partial charge in [0.25, 0.3) is 11.5 Å². The van der Waals surface area contributed by atoms with Gasteiger partial charge in [-0.2, -0.15) is 10.2 Å². The fraction of sp³-hybridized carbons (Fsp3) is 0.412. The predicted molar refractivity (Wildman–Crippen MR) is 91.6 cm³/mol. The number of nitrogens with one attached hydrogen (secondary N) is 1. The monoisotopic (exact) mass is 314 g/mol. The van der Waals surface area contributed by atoms with Gasteiger partial charge in [-0.3, -0.25) is 9.59 Å². The molecule has 0 aliphatic carbocycles. The summed E-state index contributed by atoms with van der Waals surface area (Å²) in [5.41, 5.74) is 3.36. The molecule has 0 saturated heterocycles. The molecule has 1 N–H and O–H groups in total. The lowest BCUT2D eigenvalue weighted by Gasteiger charge is -2.07. The number of carbonyl (C=O) groups excluding carboxylic acids is 1. The van der Waals surface area contributed by atoms with Crippen LogP contribution < -0.4 is 11.0 Å². The maximum absolute atomic E-state index is 12.4. The lowest BCUT2D eigenvalue weighted by atomic mass is 10.1. The van der Waals surface area contributed by atoms with Gasteiger partial charge in [0.15, 0.2) is 5.69 Å². The van der Waals surface area contributed by atoms with Crippen LogP contribution in [0.1, 0.15) is 44.1 Å². The van der Waals surface area contributed by atoms with Gasteiger partial charge in [-0.1, -0.05) is 32.0 Å². The fourth-order valence-corrected chi connectivity index (χ4v) is 2.22. The van der Waals surface area contributed by atoms with Gasteiger partial charge in [-0.25, -0.2) is 10.1 Å². The van der Waals surface area contributed by atoms with Gasteiger partial charge in [-0.15, -0.1) is 0 Å². The normalized spacial score (nSPS) is 12.0. The summed E-state index contributed by atoms with van der Waals surface area (Å²) in [6, 6.07) is 6.94. The number of aromatic nitrogens is 2. The molecule has 6 heteroatoms. The molecule has 0 saturated carbocycles. The minimum atomic E-state index is -0.416. The first kappa shape index (κ1) is 16.9. The Hall–Kier alpha value is -2.50. The van der Waals surface area contributed by atoms with E-state index in [1.54, 1.807) is 24.3 Å². The molecule has 0 aliphatic heterocycles. The lowest BCUT2D eigenvalue weighted by molar-refractivity contribution is 0.0949. The first-order chi connectivity index (χ1) is 10.9. The summed E-state index contributed by atoms with van der Waals surface area (Å²) in [5.74, 6) is 0.172. The zero-order valence-electron chi connectivity index (χ0n) is 14.0. The molecule has 0 atom stereocenters. The van der Waals surface area contributed by atoms with Gasteiger partial charge in [0.05, 0.1) is 5.39 Å². The van der Waals surface area contributed by atoms with Crippen LogP contribution in [0.2, 0.25) is 0 Å². The summed E-state index contributed by atoms with van der Waals surface area (Å²) < 4.78 is 1.17. The van der Waals surface area contributed by atoms with Crippen LogP contribution in [0.15, 0.2) is 34.2 Å². The van der Waals surface area contributed by atoms with E-state index in [1.165, 1.54) is 11.7 Å². The van der Waals surface area contributed by atoms with Gasteiger partial charge in [-0.05, 0) is 31.7 Å². The number of hydrazone groups is 1. The van der Waals surface area contributed by atoms with E-state index in [9.17, 15) is 9.59 Å². The van der Waals surface area contributed by atoms with Crippen molar-refractivity contribution in [1.29, 1.82) is 0 Å². The molecule has 0 radical (unpaired) electrons. The summed E-state index contributed by atoms with van der Waals surface area (Å²) in [4.78, 5) is 24.4. The summed E-state index contributed by atoms with van der Waals surface area (Å²) in [7, 11) is 1.53. The van der Waals surface area contributed by atoms with E-state index in [0.29, 0.717) is 16.7 Å². The highest BCUT2D eigenvalue weighted by atomic mass is 16.2. The smallest absolute Gasteiger partial charge is 0.267 e. The third kappa shape index (κ3) is 4.03. The van der Waals surface area contributed by atoms with Crippen molar-refractivity contribution in [2.75, 3.05) is 0 Å². The summed E-state index contributed by atoms with van der Waals surface area (Å²) in [6.07, 6.45) is 1.85. The SMILES string of the molecule is C/C(CCC(C)C)=N/NC(=O)c1nn(C)c(=O)c2ccccc12. The number of benzene rings is 1. The number of aryl methyl sites for hydroxylation is 1. The van der Waals surface area contributed by atoms with Gasteiger partial charge >= 0.3 is 0 Å². The Labute approximate surface area is 135 Å². The van der Waals surface area contributed by atoms with E-state index in [-0.39, 0.29) is 11.3 Å². The molecular formula is C17H22N4O2. The van der Waals surface area contributed by atoms with E-state index in [2.05, 4.69) is 29.5 Å². The Morgan fingerprint density at radius 2 is 1.96 bits per heavy atom. The Bertz CT molecular complexity index is 806. The molecule has 2 rings (SSSR count). The van der Waals surface area contributed by atoms with E-state index >= 15 is 0 Å². The first-order valence-electron chi connectivity index (χ1n) is 7.69. The van der Waals surface area contributed by atoms with Crippen molar-refractivity contribution < 1.29 is 4.79 Å². The molecule has 0 unspecified atom stereocenters. The Balaban J connectivity index is 2.27. The molecule has 6 nitrogen and oxygen atoms in total. The zero-order chi connectivity index (χ0) is 17.0. The molecule has 0 aliphatic rings. The lowest BCUT2D eigenvalue weighted by Crippen LogP contribution is -2.27. The van der Waals surface area contributed by atoms with Gasteiger partial charge < -0.3 is 0 Å². The highest BCUT2D eigenvalue weighted by Crippen LogP contribution is 2.12. The average molecular weight is 314 g/mol. The molecule has 1 aromatic carbocycles. The molecule has 0 fully saturated rings. The highest BCUT2D eigenvalue weighted by molar-refractivity contribution is 6.05. The second-order valence-corrected chi connectivity index (χ2v) is 6.04. The summed E-state index contributed by atoms with van der Waals surface area (Å²) in [6.45, 7) is 6.17. The molecule has 0 bridgehead atoms. The number of fused-ring (bicyclic) bond motifs is 1. The number of carbonyl (C=O) groups is 1. The summed E-state index contributed by atoms with van der Waals surface area (Å²) >= 11 is 0. The maximum Gasteiger partial charge on any atom is 0.292 e. The van der Waals surface area contributed by atoms with Crippen LogP contribution in [-0.4, -0.2) is 21.4 Å². The quantitative estimate of drug-likeness (QED) is 0.680. The van der Waals surface area contributed by atoms with Crippen molar-refractivity contribution >= 4 is 22.4 Å². The fourth-order valence-electron chi connectivity index (χ4n) is 2.22. The van der Waals surface area contributed by atoms with Crippen LogP contribution in [0.4, 0.5) is 0 Å². The van der Waals surface area contributed by atoms with Crippen LogP contribution in [-0.2, 0) is 7.05 Å². The van der Waals surface area contributed by atoms with Crippen LogP contribution >= 0.6 is 0 Å². The number of hydrogen-bond donors (Lipinski definition) is 1. The van der Waals surface area contributed by atoms with E-state index < -0.39 is 5.91 Å². The number of rotatable bonds is 5. The third-order valence-corrected chi connectivity index (χ3v) is 3.60. The number of hydrogen-bond acceptors (Lipinski definition) is 4. The third-order valence-electron chi connectivity index (χ3n) is 3.60. The van der Waals surface area contributed by atoms with Crippen LogP contribution in [0, 0.1) is 5.92 Å². The minimum Gasteiger partial charge on any atom is -0.267 e. The van der Waals surface area contributed by atoms with Crippen molar-refractivity contribution in [3.05, 3.63) is 40.3 Å². The zero-order valence-corrected chi connectivity index (χ0v) is 14.0. The molecule has 0 spiro atoms. The molecular weight excluding hydrogens is 292 g/mol. The Morgan fingerprint density at radius 1 is 1.30 bits per heavy atom. The summed E-state index contributed by atoms with van der Waals surface area (Å²) in [5, 5.41) is 9.20. The molecule has 2 aromatic rings. The molecule has 1 amide bonds. The van der Waals surface area contributed by atoms with Crippen LogP contribution in [0.25, 0.3) is 10.8 Å². The van der Waals surface area contributed by atoms with Crippen molar-refractivity contribution in [1.82, 2.24) is 15.2 Å². The van der Waals surface area contributed by atoms with Crippen molar-refractivity contribution in [2.45, 2.75) is 33.6 Å². The van der Waals surface area contributed by atoms with Gasteiger partial charge in [0.1, 0.15) is 0 Å². The Kier molecular flexibility index (Phi) is 5.26. The van der Waals surface area contributed by atoms with Crippen LogP contribution in [0.3, 0.4) is 0 Å². The second kappa shape index (κ2) is 7.17. The first-order valence-corrected chi connectivity index (χ1v) is 7.69. The van der Waals surface area contributed by atoms with E-state index in [4.69, 9.17) is 0 Å². The molecule has 122 valence electrons. The van der Waals surface area contributed by atoms with Crippen molar-refractivity contribution in [3.8, 4) is 0 Å². The van der Waals surface area contributed by atoms with Gasteiger partial charge in [0, 0.05) is 18.1 Å². The molecule has 23 heavy (non-hydrogen) atoms. The number of nitrogens with zero attached hydrogens (tertiary/aromatic N) is 3. The topological polar surface area (TPSA) is 76.3 Å². The largest absolute Gasteiger partial charge is 0.292 e. The van der Waals surface area contributed by atoms with E-state index in [1.807, 2.05) is 6.92 Å². The Morgan fingerprint density at radius 3 is 2.61 bits per heavy atom.